The molecule has 0 aliphatic carbocycles. The third kappa shape index (κ3) is 4.84. The molecule has 1 heterocycles. The van der Waals surface area contributed by atoms with Gasteiger partial charge in [0, 0.05) is 0 Å². The molecule has 0 bridgehead atoms. The first-order chi connectivity index (χ1) is 9.34. The monoisotopic (exact) mass is 298 g/mol. The molecule has 8 heteroatoms. The first-order valence-electron chi connectivity index (χ1n) is 5.43. The van der Waals surface area contributed by atoms with Crippen LogP contribution in [0.15, 0.2) is 52.0 Å². The number of nitrogen functional groups attached to an aromatic ring is 1. The molecule has 4 N–H and O–H groups in total. The van der Waals surface area contributed by atoms with E-state index in [2.05, 4.69) is 0 Å². The van der Waals surface area contributed by atoms with Crippen molar-refractivity contribution < 1.29 is 22.2 Å². The molecule has 1 aromatic heterocycles. The van der Waals surface area contributed by atoms with Gasteiger partial charge in [0.15, 0.2) is 5.76 Å². The SMILES string of the molecule is Cc1ccc(S(=O)(=O)O)cc1.NNC(=O)c1ccco1. The summed E-state index contributed by atoms with van der Waals surface area (Å²) in [5.41, 5.74) is 2.89. The Morgan fingerprint density at radius 2 is 1.85 bits per heavy atom. The summed E-state index contributed by atoms with van der Waals surface area (Å²) in [5, 5.41) is 0. The van der Waals surface area contributed by atoms with E-state index >= 15 is 0 Å². The van der Waals surface area contributed by atoms with Gasteiger partial charge in [-0.2, -0.15) is 8.42 Å². The molecule has 0 unspecified atom stereocenters. The molecule has 0 spiro atoms. The third-order valence-corrected chi connectivity index (χ3v) is 3.06. The molecular formula is C12H14N2O5S. The highest BCUT2D eigenvalue weighted by Crippen LogP contribution is 2.08. The fraction of sp³-hybridized carbons (Fsp3) is 0.0833. The predicted octanol–water partition coefficient (Wildman–Crippen LogP) is 1.12. The number of furan rings is 1. The second kappa shape index (κ2) is 6.85. The summed E-state index contributed by atoms with van der Waals surface area (Å²) < 4.78 is 34.2. The van der Waals surface area contributed by atoms with Gasteiger partial charge in [-0.05, 0) is 31.2 Å². The summed E-state index contributed by atoms with van der Waals surface area (Å²) >= 11 is 0. The molecule has 0 radical (unpaired) electrons. The van der Waals surface area contributed by atoms with Gasteiger partial charge in [-0.3, -0.25) is 14.8 Å². The lowest BCUT2D eigenvalue weighted by Crippen LogP contribution is -2.29. The van der Waals surface area contributed by atoms with Crippen LogP contribution in [0.2, 0.25) is 0 Å². The molecule has 2 rings (SSSR count). The number of hydrogen-bond acceptors (Lipinski definition) is 5. The first kappa shape index (κ1) is 15.9. The van der Waals surface area contributed by atoms with Gasteiger partial charge in [0.25, 0.3) is 10.1 Å². The van der Waals surface area contributed by atoms with Crippen LogP contribution in [0.4, 0.5) is 0 Å². The number of nitrogens with one attached hydrogen (secondary N) is 1. The summed E-state index contributed by atoms with van der Waals surface area (Å²) in [6.45, 7) is 1.84. The minimum atomic E-state index is -4.02. The minimum Gasteiger partial charge on any atom is -0.459 e. The molecule has 1 amide bonds. The first-order valence-corrected chi connectivity index (χ1v) is 6.87. The fourth-order valence-corrected chi connectivity index (χ4v) is 1.67. The number of nitrogens with two attached hydrogens (primary N) is 1. The molecular weight excluding hydrogens is 284 g/mol. The van der Waals surface area contributed by atoms with Crippen LogP contribution in [0, 0.1) is 6.92 Å². The van der Waals surface area contributed by atoms with Crippen molar-refractivity contribution in [1.82, 2.24) is 5.43 Å². The zero-order chi connectivity index (χ0) is 15.2. The van der Waals surface area contributed by atoms with E-state index in [9.17, 15) is 13.2 Å². The Hall–Kier alpha value is -2.16. The van der Waals surface area contributed by atoms with Crippen molar-refractivity contribution in [2.24, 2.45) is 5.84 Å². The fourth-order valence-electron chi connectivity index (χ4n) is 1.19. The summed E-state index contributed by atoms with van der Waals surface area (Å²) in [5.74, 6) is 4.61. The second-order valence-corrected chi connectivity index (χ2v) is 5.16. The maximum atomic E-state index is 10.5. The highest BCUT2D eigenvalue weighted by molar-refractivity contribution is 7.85. The quantitative estimate of drug-likeness (QED) is 0.330. The van der Waals surface area contributed by atoms with Crippen molar-refractivity contribution >= 4 is 16.0 Å². The normalized spacial score (nSPS) is 10.3. The number of amides is 1. The van der Waals surface area contributed by atoms with Crippen LogP contribution in [-0.4, -0.2) is 18.9 Å². The number of rotatable bonds is 2. The van der Waals surface area contributed by atoms with Crippen LogP contribution < -0.4 is 11.3 Å². The van der Waals surface area contributed by atoms with Gasteiger partial charge in [-0.15, -0.1) is 0 Å². The van der Waals surface area contributed by atoms with E-state index in [0.29, 0.717) is 0 Å². The standard InChI is InChI=1S/C7H8O3S.C5H6N2O2/c1-6-2-4-7(5-3-6)11(8,9)10;6-7-5(8)4-2-1-3-9-4/h2-5H,1H3,(H,8,9,10);1-3H,6H2,(H,7,8). The van der Waals surface area contributed by atoms with Crippen molar-refractivity contribution in [1.29, 1.82) is 0 Å². The number of aryl methyl sites for hydroxylation is 1. The van der Waals surface area contributed by atoms with Crippen molar-refractivity contribution in [3.63, 3.8) is 0 Å². The Kier molecular flexibility index (Phi) is 5.44. The van der Waals surface area contributed by atoms with Gasteiger partial charge < -0.3 is 4.42 Å². The molecule has 0 fully saturated rings. The predicted molar refractivity (Wildman–Crippen MR) is 71.4 cm³/mol. The topological polar surface area (TPSA) is 123 Å². The number of carbonyl (C=O) groups is 1. The lowest BCUT2D eigenvalue weighted by molar-refractivity contribution is 0.0926. The Morgan fingerprint density at radius 1 is 1.25 bits per heavy atom. The number of hydrogen-bond donors (Lipinski definition) is 3. The second-order valence-electron chi connectivity index (χ2n) is 3.74. The van der Waals surface area contributed by atoms with Crippen LogP contribution in [0.5, 0.6) is 0 Å². The van der Waals surface area contributed by atoms with E-state index in [0.717, 1.165) is 5.56 Å². The van der Waals surface area contributed by atoms with E-state index in [-0.39, 0.29) is 10.7 Å². The Morgan fingerprint density at radius 3 is 2.25 bits per heavy atom. The minimum absolute atomic E-state index is 0.0666. The summed E-state index contributed by atoms with van der Waals surface area (Å²) in [7, 11) is -4.02. The van der Waals surface area contributed by atoms with Crippen LogP contribution in [0.3, 0.4) is 0 Å². The summed E-state index contributed by atoms with van der Waals surface area (Å²) in [6.07, 6.45) is 1.41. The van der Waals surface area contributed by atoms with E-state index in [4.69, 9.17) is 14.8 Å². The van der Waals surface area contributed by atoms with E-state index < -0.39 is 16.0 Å². The lowest BCUT2D eigenvalue weighted by Gasteiger charge is -1.95. The molecule has 20 heavy (non-hydrogen) atoms. The van der Waals surface area contributed by atoms with Crippen molar-refractivity contribution in [2.45, 2.75) is 11.8 Å². The van der Waals surface area contributed by atoms with Crippen molar-refractivity contribution in [3.8, 4) is 0 Å². The molecule has 0 saturated heterocycles. The molecule has 2 aromatic rings. The van der Waals surface area contributed by atoms with Crippen LogP contribution in [0.1, 0.15) is 16.1 Å². The molecule has 108 valence electrons. The third-order valence-electron chi connectivity index (χ3n) is 2.19. The highest BCUT2D eigenvalue weighted by Gasteiger charge is 2.06. The zero-order valence-corrected chi connectivity index (χ0v) is 11.4. The van der Waals surface area contributed by atoms with Crippen LogP contribution in [-0.2, 0) is 10.1 Å². The molecule has 0 aliphatic heterocycles. The van der Waals surface area contributed by atoms with Crippen molar-refractivity contribution in [3.05, 3.63) is 54.0 Å². The van der Waals surface area contributed by atoms with E-state index in [1.165, 1.54) is 24.5 Å². The molecule has 1 aromatic carbocycles. The van der Waals surface area contributed by atoms with Gasteiger partial charge in [-0.25, -0.2) is 5.84 Å². The smallest absolute Gasteiger partial charge is 0.300 e. The largest absolute Gasteiger partial charge is 0.459 e. The number of hydrazine groups is 1. The molecule has 0 saturated carbocycles. The lowest BCUT2D eigenvalue weighted by atomic mass is 10.2. The van der Waals surface area contributed by atoms with Crippen molar-refractivity contribution in [2.75, 3.05) is 0 Å². The molecule has 0 atom stereocenters. The van der Waals surface area contributed by atoms with Gasteiger partial charge >= 0.3 is 5.91 Å². The number of carbonyl (C=O) groups excluding carboxylic acids is 1. The summed E-state index contributed by atoms with van der Waals surface area (Å²) in [4.78, 5) is 10.5. The van der Waals surface area contributed by atoms with E-state index in [1.54, 1.807) is 18.2 Å². The Balaban J connectivity index is 0.000000204. The zero-order valence-electron chi connectivity index (χ0n) is 10.6. The summed E-state index contributed by atoms with van der Waals surface area (Å²) in [6, 6.07) is 9.13. The van der Waals surface area contributed by atoms with Crippen LogP contribution in [0.25, 0.3) is 0 Å². The highest BCUT2D eigenvalue weighted by atomic mass is 32.2. The van der Waals surface area contributed by atoms with Gasteiger partial charge in [-0.1, -0.05) is 17.7 Å². The maximum absolute atomic E-state index is 10.5. The van der Waals surface area contributed by atoms with Gasteiger partial charge in [0.05, 0.1) is 11.2 Å². The van der Waals surface area contributed by atoms with Crippen LogP contribution >= 0.6 is 0 Å². The Bertz CT molecular complexity index is 648. The molecule has 0 aliphatic rings. The van der Waals surface area contributed by atoms with Gasteiger partial charge in [0.2, 0.25) is 0 Å². The van der Waals surface area contributed by atoms with E-state index in [1.807, 2.05) is 12.3 Å². The average Bonchev–Trinajstić information content (AvgIpc) is 2.92. The molecule has 7 nitrogen and oxygen atoms in total. The maximum Gasteiger partial charge on any atom is 0.300 e. The Labute approximate surface area is 116 Å². The number of benzene rings is 1. The van der Waals surface area contributed by atoms with Gasteiger partial charge in [0.1, 0.15) is 0 Å². The average molecular weight is 298 g/mol.